The maximum Gasteiger partial charge on any atom is 0.351 e. The van der Waals surface area contributed by atoms with Gasteiger partial charge < -0.3 is 10.5 Å². The number of hydrogen-bond acceptors (Lipinski definition) is 4. The molecule has 1 aromatic rings. The average Bonchev–Trinajstić information content (AvgIpc) is 2.25. The van der Waals surface area contributed by atoms with E-state index in [1.165, 1.54) is 4.57 Å². The second-order valence-corrected chi connectivity index (χ2v) is 4.34. The lowest BCUT2D eigenvalue weighted by atomic mass is 10.2. The van der Waals surface area contributed by atoms with Crippen molar-refractivity contribution in [2.24, 2.45) is 0 Å². The van der Waals surface area contributed by atoms with Crippen LogP contribution in [0.25, 0.3) is 0 Å². The van der Waals surface area contributed by atoms with Gasteiger partial charge in [0, 0.05) is 12.8 Å². The summed E-state index contributed by atoms with van der Waals surface area (Å²) >= 11 is 3.24. The Balaban J connectivity index is 2.34. The Morgan fingerprint density at radius 2 is 2.40 bits per heavy atom. The Morgan fingerprint density at radius 3 is 3.07 bits per heavy atom. The molecule has 2 heterocycles. The maximum absolute atomic E-state index is 11.6. The number of anilines is 1. The molecular formula is C9H12BrN3O2. The number of nitrogen functional groups attached to an aromatic ring is 1. The van der Waals surface area contributed by atoms with E-state index in [4.69, 9.17) is 10.5 Å². The first-order valence-corrected chi connectivity index (χ1v) is 5.63. The van der Waals surface area contributed by atoms with Gasteiger partial charge in [-0.2, -0.15) is 4.98 Å². The Morgan fingerprint density at radius 1 is 1.60 bits per heavy atom. The lowest BCUT2D eigenvalue weighted by molar-refractivity contribution is -0.0349. The first-order chi connectivity index (χ1) is 7.18. The Hall–Kier alpha value is -0.880. The summed E-state index contributed by atoms with van der Waals surface area (Å²) in [6.45, 7) is 0.694. The lowest BCUT2D eigenvalue weighted by Gasteiger charge is -2.24. The highest BCUT2D eigenvalue weighted by Gasteiger charge is 2.18. The van der Waals surface area contributed by atoms with Crippen LogP contribution in [0.3, 0.4) is 0 Å². The largest absolute Gasteiger partial charge is 0.383 e. The number of rotatable bonds is 1. The molecule has 2 N–H and O–H groups in total. The van der Waals surface area contributed by atoms with Crippen molar-refractivity contribution in [1.82, 2.24) is 9.55 Å². The molecule has 1 aromatic heterocycles. The predicted molar refractivity (Wildman–Crippen MR) is 59.4 cm³/mol. The van der Waals surface area contributed by atoms with Gasteiger partial charge in [-0.05, 0) is 35.2 Å². The first kappa shape index (κ1) is 10.6. The van der Waals surface area contributed by atoms with Crippen LogP contribution in [0.5, 0.6) is 0 Å². The molecule has 2 rings (SSSR count). The van der Waals surface area contributed by atoms with Crippen LogP contribution in [-0.4, -0.2) is 16.2 Å². The van der Waals surface area contributed by atoms with E-state index >= 15 is 0 Å². The second kappa shape index (κ2) is 4.32. The zero-order valence-electron chi connectivity index (χ0n) is 8.15. The van der Waals surface area contributed by atoms with Crippen LogP contribution >= 0.6 is 15.9 Å². The van der Waals surface area contributed by atoms with Gasteiger partial charge in [0.1, 0.15) is 12.0 Å². The molecule has 6 heteroatoms. The van der Waals surface area contributed by atoms with Gasteiger partial charge >= 0.3 is 5.69 Å². The number of hydrogen-bond donors (Lipinski definition) is 1. The molecule has 15 heavy (non-hydrogen) atoms. The number of nitrogens with zero attached hydrogens (tertiary/aromatic N) is 2. The molecule has 0 amide bonds. The van der Waals surface area contributed by atoms with Crippen molar-refractivity contribution in [3.8, 4) is 0 Å². The van der Waals surface area contributed by atoms with Gasteiger partial charge in [0.05, 0.1) is 4.47 Å². The Bertz CT molecular complexity index is 412. The molecule has 0 bridgehead atoms. The van der Waals surface area contributed by atoms with Crippen LogP contribution in [0.4, 0.5) is 5.82 Å². The van der Waals surface area contributed by atoms with Gasteiger partial charge in [-0.3, -0.25) is 4.57 Å². The van der Waals surface area contributed by atoms with Crippen molar-refractivity contribution < 1.29 is 4.74 Å². The Kier molecular flexibility index (Phi) is 3.06. The van der Waals surface area contributed by atoms with E-state index in [1.807, 2.05) is 0 Å². The topological polar surface area (TPSA) is 70.1 Å². The molecule has 1 saturated heterocycles. The molecule has 82 valence electrons. The van der Waals surface area contributed by atoms with Gasteiger partial charge in [0.15, 0.2) is 0 Å². The summed E-state index contributed by atoms with van der Waals surface area (Å²) in [5.74, 6) is 0.215. The monoisotopic (exact) mass is 273 g/mol. The summed E-state index contributed by atoms with van der Waals surface area (Å²) in [6.07, 6.45) is 4.41. The van der Waals surface area contributed by atoms with E-state index in [1.54, 1.807) is 6.20 Å². The van der Waals surface area contributed by atoms with Crippen molar-refractivity contribution in [2.75, 3.05) is 12.3 Å². The highest BCUT2D eigenvalue weighted by Crippen LogP contribution is 2.22. The summed E-state index contributed by atoms with van der Waals surface area (Å²) < 4.78 is 7.61. The van der Waals surface area contributed by atoms with Crippen LogP contribution in [0.15, 0.2) is 15.5 Å². The summed E-state index contributed by atoms with van der Waals surface area (Å²) in [5.41, 5.74) is 5.15. The zero-order valence-corrected chi connectivity index (χ0v) is 9.74. The molecule has 0 aromatic carbocycles. The molecular weight excluding hydrogens is 262 g/mol. The first-order valence-electron chi connectivity index (χ1n) is 4.84. The fourth-order valence-electron chi connectivity index (χ4n) is 1.61. The van der Waals surface area contributed by atoms with Crippen LogP contribution in [0.2, 0.25) is 0 Å². The van der Waals surface area contributed by atoms with Crippen molar-refractivity contribution in [3.05, 3.63) is 21.2 Å². The highest BCUT2D eigenvalue weighted by atomic mass is 79.9. The molecule has 0 saturated carbocycles. The minimum absolute atomic E-state index is 0.198. The predicted octanol–water partition coefficient (Wildman–Crippen LogP) is 1.29. The molecule has 0 radical (unpaired) electrons. The normalized spacial score (nSPS) is 21.5. The van der Waals surface area contributed by atoms with Crippen molar-refractivity contribution in [2.45, 2.75) is 25.5 Å². The maximum atomic E-state index is 11.6. The van der Waals surface area contributed by atoms with Gasteiger partial charge in [-0.1, -0.05) is 0 Å². The number of aromatic nitrogens is 2. The van der Waals surface area contributed by atoms with Gasteiger partial charge in [-0.15, -0.1) is 0 Å². The van der Waals surface area contributed by atoms with Crippen molar-refractivity contribution in [1.29, 1.82) is 0 Å². The molecule has 1 unspecified atom stereocenters. The average molecular weight is 274 g/mol. The third-order valence-electron chi connectivity index (χ3n) is 2.40. The molecule has 1 fully saturated rings. The SMILES string of the molecule is Nc1nc(=O)n(C2CCCCO2)cc1Br. The van der Waals surface area contributed by atoms with E-state index in [-0.39, 0.29) is 17.7 Å². The summed E-state index contributed by atoms with van der Waals surface area (Å²) in [7, 11) is 0. The fraction of sp³-hybridized carbons (Fsp3) is 0.556. The molecule has 1 aliphatic rings. The van der Waals surface area contributed by atoms with Crippen LogP contribution in [0, 0.1) is 0 Å². The highest BCUT2D eigenvalue weighted by molar-refractivity contribution is 9.10. The van der Waals surface area contributed by atoms with E-state index in [0.29, 0.717) is 11.1 Å². The smallest absolute Gasteiger partial charge is 0.351 e. The van der Waals surface area contributed by atoms with Gasteiger partial charge in [0.25, 0.3) is 0 Å². The van der Waals surface area contributed by atoms with Gasteiger partial charge in [0.2, 0.25) is 0 Å². The number of ether oxygens (including phenoxy) is 1. The third kappa shape index (κ3) is 2.21. The quantitative estimate of drug-likeness (QED) is 0.837. The van der Waals surface area contributed by atoms with Crippen molar-refractivity contribution in [3.63, 3.8) is 0 Å². The second-order valence-electron chi connectivity index (χ2n) is 3.49. The molecule has 1 atom stereocenters. The van der Waals surface area contributed by atoms with Crippen molar-refractivity contribution >= 4 is 21.7 Å². The molecule has 5 nitrogen and oxygen atoms in total. The van der Waals surface area contributed by atoms with Crippen LogP contribution in [-0.2, 0) is 4.74 Å². The van der Waals surface area contributed by atoms with Crippen LogP contribution < -0.4 is 11.4 Å². The fourth-order valence-corrected chi connectivity index (χ4v) is 1.92. The molecule has 0 aliphatic carbocycles. The Labute approximate surface area is 95.4 Å². The van der Waals surface area contributed by atoms with E-state index < -0.39 is 0 Å². The minimum Gasteiger partial charge on any atom is -0.383 e. The van der Waals surface area contributed by atoms with E-state index in [9.17, 15) is 4.79 Å². The summed E-state index contributed by atoms with van der Waals surface area (Å²) in [4.78, 5) is 15.3. The summed E-state index contributed by atoms with van der Waals surface area (Å²) in [5, 5.41) is 0. The van der Waals surface area contributed by atoms with E-state index in [0.717, 1.165) is 19.3 Å². The molecule has 1 aliphatic heterocycles. The van der Waals surface area contributed by atoms with E-state index in [2.05, 4.69) is 20.9 Å². The standard InChI is InChI=1S/C9H12BrN3O2/c10-6-5-13(9(14)12-8(6)11)7-3-1-2-4-15-7/h5,7H,1-4H2,(H2,11,12,14). The lowest BCUT2D eigenvalue weighted by Crippen LogP contribution is -2.30. The third-order valence-corrected chi connectivity index (χ3v) is 3.01. The van der Waals surface area contributed by atoms with Crippen LogP contribution in [0.1, 0.15) is 25.5 Å². The number of nitrogens with two attached hydrogens (primary N) is 1. The minimum atomic E-state index is -0.359. The van der Waals surface area contributed by atoms with Gasteiger partial charge in [-0.25, -0.2) is 4.79 Å². The summed E-state index contributed by atoms with van der Waals surface area (Å²) in [6, 6.07) is 0. The molecule has 0 spiro atoms. The zero-order chi connectivity index (χ0) is 10.8. The number of halogens is 1.